The van der Waals surface area contributed by atoms with Crippen molar-refractivity contribution in [3.8, 4) is 0 Å². The van der Waals surface area contributed by atoms with E-state index in [1.165, 1.54) is 96.4 Å². The molecule has 3 heteroatoms. The van der Waals surface area contributed by atoms with Crippen LogP contribution in [0.2, 0.25) is 6.04 Å². The van der Waals surface area contributed by atoms with E-state index < -0.39 is 0 Å². The van der Waals surface area contributed by atoms with E-state index in [1.807, 2.05) is 0 Å². The molecule has 0 aliphatic carbocycles. The van der Waals surface area contributed by atoms with Gasteiger partial charge >= 0.3 is 0 Å². The molecule has 0 aromatic heterocycles. The third-order valence-corrected chi connectivity index (χ3v) is 7.78. The van der Waals surface area contributed by atoms with Crippen LogP contribution in [0, 0.1) is 0 Å². The largest absolute Gasteiger partial charge is 0.288 e. The van der Waals surface area contributed by atoms with Crippen LogP contribution in [0.4, 0.5) is 0 Å². The minimum Gasteiger partial charge on any atom is -0.288 e. The number of hydrogen-bond donors (Lipinski definition) is 0. The van der Waals surface area contributed by atoms with Gasteiger partial charge in [0.15, 0.2) is 0 Å². The molecule has 0 unspecified atom stereocenters. The molecule has 0 amide bonds. The molecule has 23 heavy (non-hydrogen) atoms. The zero-order chi connectivity index (χ0) is 16.3. The molecule has 2 aliphatic heterocycles. The number of rotatable bonds is 7. The predicted molar refractivity (Wildman–Crippen MR) is 106 cm³/mol. The topological polar surface area (TPSA) is 6.48 Å². The van der Waals surface area contributed by atoms with E-state index in [4.69, 9.17) is 0 Å². The van der Waals surface area contributed by atoms with Crippen molar-refractivity contribution in [3.63, 3.8) is 0 Å². The van der Waals surface area contributed by atoms with Crippen molar-refractivity contribution in [2.75, 3.05) is 26.2 Å². The molecule has 2 saturated heterocycles. The lowest BCUT2D eigenvalue weighted by molar-refractivity contribution is 0.0463. The number of likely N-dealkylation sites (tertiary alicyclic amines) is 2. The molecule has 0 N–H and O–H groups in total. The van der Waals surface area contributed by atoms with E-state index in [1.54, 1.807) is 5.57 Å². The molecule has 0 aromatic carbocycles. The fourth-order valence-corrected chi connectivity index (χ4v) is 5.47. The number of nitrogens with zero attached hydrogens (tertiary/aromatic N) is 2. The maximum absolute atomic E-state index is 2.84. The van der Waals surface area contributed by atoms with Crippen LogP contribution in [-0.4, -0.2) is 51.7 Å². The van der Waals surface area contributed by atoms with Crippen molar-refractivity contribution in [3.05, 3.63) is 11.3 Å². The molecular formula is C20H40N2Si. The van der Waals surface area contributed by atoms with E-state index in [0.29, 0.717) is 6.17 Å². The third-order valence-electron chi connectivity index (χ3n) is 5.68. The van der Waals surface area contributed by atoms with Gasteiger partial charge < -0.3 is 0 Å². The average Bonchev–Trinajstić information content (AvgIpc) is 2.98. The highest BCUT2D eigenvalue weighted by Gasteiger charge is 2.26. The first-order valence-electron chi connectivity index (χ1n) is 10.4. The maximum Gasteiger partial charge on any atom is 0.0660 e. The molecule has 2 fully saturated rings. The van der Waals surface area contributed by atoms with Crippen molar-refractivity contribution < 1.29 is 0 Å². The second kappa shape index (κ2) is 11.4. The van der Waals surface area contributed by atoms with E-state index >= 15 is 0 Å². The van der Waals surface area contributed by atoms with Crippen LogP contribution >= 0.6 is 0 Å². The Morgan fingerprint density at radius 1 is 0.870 bits per heavy atom. The quantitative estimate of drug-likeness (QED) is 0.503. The molecule has 0 radical (unpaired) electrons. The highest BCUT2D eigenvalue weighted by Crippen LogP contribution is 2.23. The van der Waals surface area contributed by atoms with Crippen LogP contribution < -0.4 is 0 Å². The zero-order valence-electron chi connectivity index (χ0n) is 15.9. The Kier molecular flexibility index (Phi) is 9.55. The standard InChI is InChI=1S/C20H40N2Si/c1-3-16-23-18-19(2)17-20(21-12-8-4-5-9-13-21)22-14-10-6-7-11-15-22/h18,20H,3-17,23H2,1-2H3. The summed E-state index contributed by atoms with van der Waals surface area (Å²) >= 11 is 0. The minimum atomic E-state index is 0.0513. The highest BCUT2D eigenvalue weighted by atomic mass is 28.2. The Bertz CT molecular complexity index is 307. The molecule has 2 rings (SSSR count). The second-order valence-corrected chi connectivity index (χ2v) is 9.47. The first-order chi connectivity index (χ1) is 11.3. The zero-order valence-corrected chi connectivity index (χ0v) is 17.3. The van der Waals surface area contributed by atoms with Crippen molar-refractivity contribution in [1.29, 1.82) is 0 Å². The number of hydrogen-bond acceptors (Lipinski definition) is 2. The lowest BCUT2D eigenvalue weighted by Crippen LogP contribution is -2.49. The summed E-state index contributed by atoms with van der Waals surface area (Å²) in [7, 11) is 0.0513. The molecule has 0 saturated carbocycles. The SMILES string of the molecule is CCC[SiH2]C=C(C)CC(N1CCCCCC1)N1CCCCCC1. The predicted octanol–water partition coefficient (Wildman–Crippen LogP) is 4.36. The Labute approximate surface area is 147 Å². The van der Waals surface area contributed by atoms with Crippen LogP contribution in [0.25, 0.3) is 0 Å². The van der Waals surface area contributed by atoms with Gasteiger partial charge in [-0.2, -0.15) is 0 Å². The van der Waals surface area contributed by atoms with E-state index in [2.05, 4.69) is 29.3 Å². The third kappa shape index (κ3) is 7.11. The molecule has 134 valence electrons. The van der Waals surface area contributed by atoms with Crippen LogP contribution in [-0.2, 0) is 0 Å². The highest BCUT2D eigenvalue weighted by molar-refractivity contribution is 6.42. The summed E-state index contributed by atoms with van der Waals surface area (Å²) in [6.45, 7) is 10.1. The average molecular weight is 337 g/mol. The van der Waals surface area contributed by atoms with Crippen molar-refractivity contribution >= 4 is 9.52 Å². The first kappa shape index (κ1) is 19.2. The molecule has 0 atom stereocenters. The van der Waals surface area contributed by atoms with Gasteiger partial charge in [-0.3, -0.25) is 9.80 Å². The molecule has 0 spiro atoms. The molecule has 2 aliphatic rings. The second-order valence-electron chi connectivity index (χ2n) is 7.78. The summed E-state index contributed by atoms with van der Waals surface area (Å²) in [5.74, 6) is 0. The summed E-state index contributed by atoms with van der Waals surface area (Å²) in [4.78, 5) is 5.69. The van der Waals surface area contributed by atoms with Gasteiger partial charge in [0.05, 0.1) is 6.17 Å². The Balaban J connectivity index is 2.01. The van der Waals surface area contributed by atoms with Gasteiger partial charge in [-0.15, -0.1) is 5.70 Å². The minimum absolute atomic E-state index is 0.0513. The Morgan fingerprint density at radius 3 is 1.78 bits per heavy atom. The summed E-state index contributed by atoms with van der Waals surface area (Å²) in [5, 5.41) is 0. The van der Waals surface area contributed by atoms with Crippen LogP contribution in [0.1, 0.15) is 78.1 Å². The molecule has 0 bridgehead atoms. The smallest absolute Gasteiger partial charge is 0.0660 e. The van der Waals surface area contributed by atoms with Crippen molar-refractivity contribution in [2.24, 2.45) is 0 Å². The van der Waals surface area contributed by atoms with Gasteiger partial charge in [0.1, 0.15) is 0 Å². The van der Waals surface area contributed by atoms with Crippen LogP contribution in [0.15, 0.2) is 11.3 Å². The van der Waals surface area contributed by atoms with Gasteiger partial charge in [-0.25, -0.2) is 0 Å². The van der Waals surface area contributed by atoms with E-state index in [9.17, 15) is 0 Å². The van der Waals surface area contributed by atoms with Gasteiger partial charge in [-0.1, -0.05) is 50.6 Å². The lowest BCUT2D eigenvalue weighted by atomic mass is 10.1. The molecular weight excluding hydrogens is 296 g/mol. The summed E-state index contributed by atoms with van der Waals surface area (Å²) in [6, 6.07) is 1.48. The summed E-state index contributed by atoms with van der Waals surface area (Å²) in [6.07, 6.45) is 14.8. The van der Waals surface area contributed by atoms with E-state index in [-0.39, 0.29) is 9.52 Å². The summed E-state index contributed by atoms with van der Waals surface area (Å²) < 4.78 is 0. The lowest BCUT2D eigenvalue weighted by Gasteiger charge is -2.39. The molecule has 2 nitrogen and oxygen atoms in total. The normalized spacial score (nSPS) is 23.5. The van der Waals surface area contributed by atoms with Gasteiger partial charge in [0, 0.05) is 9.52 Å². The first-order valence-corrected chi connectivity index (χ1v) is 12.3. The molecule has 0 aromatic rings. The molecule has 2 heterocycles. The van der Waals surface area contributed by atoms with Gasteiger partial charge in [0.2, 0.25) is 0 Å². The van der Waals surface area contributed by atoms with Gasteiger partial charge in [0.25, 0.3) is 0 Å². The van der Waals surface area contributed by atoms with Gasteiger partial charge in [-0.05, 0) is 65.2 Å². The Morgan fingerprint density at radius 2 is 1.35 bits per heavy atom. The summed E-state index contributed by atoms with van der Waals surface area (Å²) in [5.41, 5.74) is 4.34. The Hall–Kier alpha value is -0.123. The van der Waals surface area contributed by atoms with Crippen molar-refractivity contribution in [1.82, 2.24) is 9.80 Å². The van der Waals surface area contributed by atoms with Crippen LogP contribution in [0.5, 0.6) is 0 Å². The monoisotopic (exact) mass is 336 g/mol. The van der Waals surface area contributed by atoms with E-state index in [0.717, 1.165) is 0 Å². The maximum atomic E-state index is 2.84. The fraction of sp³-hybridized carbons (Fsp3) is 0.900. The van der Waals surface area contributed by atoms with Crippen LogP contribution in [0.3, 0.4) is 0 Å². The fourth-order valence-electron chi connectivity index (χ4n) is 4.20. The van der Waals surface area contributed by atoms with Crippen molar-refractivity contribution in [2.45, 2.75) is 90.3 Å².